The zero-order valence-electron chi connectivity index (χ0n) is 10.1. The summed E-state index contributed by atoms with van der Waals surface area (Å²) < 4.78 is 11.6. The third-order valence-electron chi connectivity index (χ3n) is 4.19. The van der Waals surface area contributed by atoms with Gasteiger partial charge in [0.25, 0.3) is 0 Å². The number of hydrogen-bond donors (Lipinski definition) is 0. The Morgan fingerprint density at radius 2 is 1.73 bits per heavy atom. The van der Waals surface area contributed by atoms with Crippen LogP contribution in [-0.2, 0) is 8.85 Å². The highest BCUT2D eigenvalue weighted by atomic mass is 28.3. The molecule has 0 aromatic carbocycles. The van der Waals surface area contributed by atoms with Gasteiger partial charge in [0.1, 0.15) is 0 Å². The van der Waals surface area contributed by atoms with Crippen molar-refractivity contribution in [2.75, 3.05) is 13.2 Å². The maximum Gasteiger partial charge on any atom is 0.321 e. The molecule has 0 saturated heterocycles. The van der Waals surface area contributed by atoms with Crippen molar-refractivity contribution in [2.45, 2.75) is 52.0 Å². The van der Waals surface area contributed by atoms with Crippen molar-refractivity contribution in [1.29, 1.82) is 0 Å². The van der Waals surface area contributed by atoms with Gasteiger partial charge in [-0.05, 0) is 63.3 Å². The molecule has 0 amide bonds. The van der Waals surface area contributed by atoms with Crippen molar-refractivity contribution in [1.82, 2.24) is 0 Å². The lowest BCUT2D eigenvalue weighted by Crippen LogP contribution is -2.30. The van der Waals surface area contributed by atoms with Crippen molar-refractivity contribution in [3.8, 4) is 0 Å². The topological polar surface area (TPSA) is 18.5 Å². The zero-order valence-corrected chi connectivity index (χ0v) is 11.3. The van der Waals surface area contributed by atoms with Crippen LogP contribution in [0.4, 0.5) is 0 Å². The van der Waals surface area contributed by atoms with Gasteiger partial charge in [-0.25, -0.2) is 0 Å². The van der Waals surface area contributed by atoms with Crippen LogP contribution in [-0.4, -0.2) is 22.5 Å². The highest BCUT2D eigenvalue weighted by Gasteiger charge is 2.46. The SMILES string of the molecule is CCO[SiH](CC12CCC(CC1)C2)OCC. The van der Waals surface area contributed by atoms with E-state index in [9.17, 15) is 0 Å². The summed E-state index contributed by atoms with van der Waals surface area (Å²) in [5.74, 6) is 1.04. The Morgan fingerprint density at radius 1 is 1.13 bits per heavy atom. The van der Waals surface area contributed by atoms with Gasteiger partial charge in [-0.3, -0.25) is 0 Å². The molecule has 0 radical (unpaired) electrons. The van der Waals surface area contributed by atoms with Crippen molar-refractivity contribution in [3.63, 3.8) is 0 Å². The van der Waals surface area contributed by atoms with E-state index in [0.29, 0.717) is 5.41 Å². The standard InChI is InChI=1S/C12H24O2Si/c1-3-13-15(14-4-2)10-12-7-5-11(9-12)6-8-12/h11,15H,3-10H2,1-2H3. The monoisotopic (exact) mass is 228 g/mol. The summed E-state index contributed by atoms with van der Waals surface area (Å²) in [4.78, 5) is 0. The van der Waals surface area contributed by atoms with E-state index < -0.39 is 9.28 Å². The average molecular weight is 228 g/mol. The summed E-state index contributed by atoms with van der Waals surface area (Å²) in [6.45, 7) is 5.83. The lowest BCUT2D eigenvalue weighted by atomic mass is 9.86. The van der Waals surface area contributed by atoms with Crippen LogP contribution in [0.3, 0.4) is 0 Å². The largest absolute Gasteiger partial charge is 0.397 e. The first kappa shape index (κ1) is 11.6. The van der Waals surface area contributed by atoms with E-state index in [1.54, 1.807) is 0 Å². The maximum atomic E-state index is 5.81. The normalized spacial score (nSPS) is 34.2. The molecule has 0 spiro atoms. The Morgan fingerprint density at radius 3 is 2.13 bits per heavy atom. The van der Waals surface area contributed by atoms with Crippen LogP contribution in [0.25, 0.3) is 0 Å². The zero-order chi connectivity index (χ0) is 10.7. The molecule has 0 aromatic heterocycles. The van der Waals surface area contributed by atoms with Crippen molar-refractivity contribution >= 4 is 9.28 Å². The van der Waals surface area contributed by atoms with E-state index in [4.69, 9.17) is 8.85 Å². The van der Waals surface area contributed by atoms with E-state index >= 15 is 0 Å². The predicted molar refractivity (Wildman–Crippen MR) is 64.2 cm³/mol. The van der Waals surface area contributed by atoms with Crippen LogP contribution in [0, 0.1) is 11.3 Å². The molecule has 15 heavy (non-hydrogen) atoms. The maximum absolute atomic E-state index is 5.81. The summed E-state index contributed by atoms with van der Waals surface area (Å²) >= 11 is 0. The number of fused-ring (bicyclic) bond motifs is 2. The van der Waals surface area contributed by atoms with Crippen LogP contribution in [0.1, 0.15) is 46.0 Å². The molecule has 3 heteroatoms. The first-order valence-corrected chi connectivity index (χ1v) is 8.27. The summed E-state index contributed by atoms with van der Waals surface area (Å²) in [6, 6.07) is 1.27. The minimum atomic E-state index is -1.35. The van der Waals surface area contributed by atoms with E-state index in [1.807, 2.05) is 0 Å². The minimum Gasteiger partial charge on any atom is -0.397 e. The van der Waals surface area contributed by atoms with Gasteiger partial charge in [0.15, 0.2) is 0 Å². The van der Waals surface area contributed by atoms with Gasteiger partial charge in [-0.15, -0.1) is 0 Å². The molecular formula is C12H24O2Si. The Kier molecular flexibility index (Phi) is 3.86. The molecule has 2 aliphatic carbocycles. The molecule has 2 rings (SSSR count). The molecule has 2 saturated carbocycles. The second kappa shape index (κ2) is 4.98. The molecular weight excluding hydrogens is 204 g/mol. The molecule has 2 fully saturated rings. The molecule has 2 bridgehead atoms. The molecule has 88 valence electrons. The van der Waals surface area contributed by atoms with Crippen molar-refractivity contribution in [2.24, 2.45) is 11.3 Å². The Hall–Kier alpha value is 0.137. The molecule has 0 unspecified atom stereocenters. The van der Waals surface area contributed by atoms with E-state index in [-0.39, 0.29) is 0 Å². The van der Waals surface area contributed by atoms with Crippen LogP contribution in [0.5, 0.6) is 0 Å². The first-order chi connectivity index (χ1) is 7.28. The molecule has 0 N–H and O–H groups in total. The lowest BCUT2D eigenvalue weighted by Gasteiger charge is -2.29. The number of rotatable bonds is 6. The van der Waals surface area contributed by atoms with Crippen LogP contribution >= 0.6 is 0 Å². The summed E-state index contributed by atoms with van der Waals surface area (Å²) in [5, 5.41) is 0. The van der Waals surface area contributed by atoms with Crippen LogP contribution < -0.4 is 0 Å². The van der Waals surface area contributed by atoms with Gasteiger partial charge >= 0.3 is 9.28 Å². The molecule has 0 heterocycles. The second-order valence-corrected chi connectivity index (χ2v) is 7.13. The second-order valence-electron chi connectivity index (χ2n) is 5.19. The van der Waals surface area contributed by atoms with E-state index in [0.717, 1.165) is 19.1 Å². The van der Waals surface area contributed by atoms with Gasteiger partial charge < -0.3 is 8.85 Å². The molecule has 0 aromatic rings. The predicted octanol–water partition coefficient (Wildman–Crippen LogP) is 2.86. The first-order valence-electron chi connectivity index (χ1n) is 6.51. The fourth-order valence-corrected chi connectivity index (χ4v) is 5.85. The smallest absolute Gasteiger partial charge is 0.321 e. The van der Waals surface area contributed by atoms with Gasteiger partial charge in [0.05, 0.1) is 0 Å². The van der Waals surface area contributed by atoms with Crippen LogP contribution in [0.15, 0.2) is 0 Å². The molecule has 2 aliphatic rings. The van der Waals surface area contributed by atoms with Gasteiger partial charge in [-0.2, -0.15) is 0 Å². The molecule has 2 nitrogen and oxygen atoms in total. The van der Waals surface area contributed by atoms with Crippen molar-refractivity contribution < 1.29 is 8.85 Å². The van der Waals surface area contributed by atoms with E-state index in [2.05, 4.69) is 13.8 Å². The fourth-order valence-electron chi connectivity index (χ4n) is 3.49. The van der Waals surface area contributed by atoms with Crippen LogP contribution in [0.2, 0.25) is 6.04 Å². The Labute approximate surface area is 95.2 Å². The summed E-state index contributed by atoms with van der Waals surface area (Å²) in [5.41, 5.74) is 0.645. The highest BCUT2D eigenvalue weighted by molar-refractivity contribution is 6.44. The summed E-state index contributed by atoms with van der Waals surface area (Å²) in [7, 11) is -1.35. The van der Waals surface area contributed by atoms with Gasteiger partial charge in [-0.1, -0.05) is 0 Å². The Bertz CT molecular complexity index is 194. The van der Waals surface area contributed by atoms with Gasteiger partial charge in [0.2, 0.25) is 0 Å². The molecule has 0 atom stereocenters. The minimum absolute atomic E-state index is 0.645. The van der Waals surface area contributed by atoms with Crippen molar-refractivity contribution in [3.05, 3.63) is 0 Å². The third-order valence-corrected chi connectivity index (χ3v) is 6.80. The third kappa shape index (κ3) is 2.63. The summed E-state index contributed by atoms with van der Waals surface area (Å²) in [6.07, 6.45) is 7.30. The Balaban J connectivity index is 1.87. The quantitative estimate of drug-likeness (QED) is 0.651. The highest BCUT2D eigenvalue weighted by Crippen LogP contribution is 2.56. The average Bonchev–Trinajstić information content (AvgIpc) is 2.78. The lowest BCUT2D eigenvalue weighted by molar-refractivity contribution is 0.192. The fraction of sp³-hybridized carbons (Fsp3) is 1.00. The molecule has 0 aliphatic heterocycles. The number of hydrogen-bond acceptors (Lipinski definition) is 2. The van der Waals surface area contributed by atoms with Gasteiger partial charge in [0, 0.05) is 13.2 Å². The van der Waals surface area contributed by atoms with E-state index in [1.165, 1.54) is 38.1 Å².